The number of carbonyl (C=O) groups excluding carboxylic acids is 1. The molecule has 0 unspecified atom stereocenters. The first kappa shape index (κ1) is 21.6. The maximum atomic E-state index is 12.1. The number of nitrogens with zero attached hydrogens (tertiary/aromatic N) is 3. The van der Waals surface area contributed by atoms with Crippen molar-refractivity contribution >= 4 is 17.7 Å². The van der Waals surface area contributed by atoms with Gasteiger partial charge in [0.15, 0.2) is 22.5 Å². The largest absolute Gasteiger partial charge is 0.493 e. The second-order valence-electron chi connectivity index (χ2n) is 6.11. The average molecular weight is 433 g/mol. The lowest BCUT2D eigenvalue weighted by Gasteiger charge is -2.14. The number of carbonyl (C=O) groups is 1. The third kappa shape index (κ3) is 4.70. The molecule has 0 fully saturated rings. The molecule has 0 aliphatic carbocycles. The molecule has 0 saturated carbocycles. The third-order valence-electron chi connectivity index (χ3n) is 4.33. The van der Waals surface area contributed by atoms with Gasteiger partial charge in [0.25, 0.3) is 0 Å². The highest BCUT2D eigenvalue weighted by Gasteiger charge is 2.19. The standard InChI is InChI=1S/C20H24N4O5S/c1-5-24-19(13-9-15(26-2)18(28-4)16(10-13)27-3)22-23-20(24)30-12-17(25)21-11-14-7-6-8-29-14/h6-10H,5,11-12H2,1-4H3,(H,21,25). The summed E-state index contributed by atoms with van der Waals surface area (Å²) in [6.07, 6.45) is 1.57. The van der Waals surface area contributed by atoms with Gasteiger partial charge in [-0.25, -0.2) is 0 Å². The Morgan fingerprint density at radius 2 is 1.90 bits per heavy atom. The number of nitrogens with one attached hydrogen (secondary N) is 1. The van der Waals surface area contributed by atoms with E-state index in [9.17, 15) is 4.79 Å². The van der Waals surface area contributed by atoms with E-state index in [0.29, 0.717) is 47.1 Å². The molecule has 3 aromatic rings. The fraction of sp³-hybridized carbons (Fsp3) is 0.350. The molecule has 0 spiro atoms. The van der Waals surface area contributed by atoms with Crippen molar-refractivity contribution in [3.05, 3.63) is 36.3 Å². The summed E-state index contributed by atoms with van der Waals surface area (Å²) in [6, 6.07) is 7.24. The quantitative estimate of drug-likeness (QED) is 0.488. The molecule has 1 amide bonds. The molecule has 0 atom stereocenters. The zero-order chi connectivity index (χ0) is 21.5. The van der Waals surface area contributed by atoms with Crippen LogP contribution in [0, 0.1) is 0 Å². The predicted octanol–water partition coefficient (Wildman–Crippen LogP) is 2.99. The minimum absolute atomic E-state index is 0.114. The number of methoxy groups -OCH3 is 3. The number of rotatable bonds is 10. The lowest BCUT2D eigenvalue weighted by Crippen LogP contribution is -2.24. The average Bonchev–Trinajstić information content (AvgIpc) is 3.44. The van der Waals surface area contributed by atoms with E-state index in [-0.39, 0.29) is 11.7 Å². The number of ether oxygens (including phenoxy) is 3. The normalized spacial score (nSPS) is 10.7. The van der Waals surface area contributed by atoms with Gasteiger partial charge >= 0.3 is 0 Å². The van der Waals surface area contributed by atoms with E-state index in [1.165, 1.54) is 11.8 Å². The number of aromatic nitrogens is 3. The lowest BCUT2D eigenvalue weighted by molar-refractivity contribution is -0.118. The Labute approximate surface area is 178 Å². The maximum absolute atomic E-state index is 12.1. The van der Waals surface area contributed by atoms with Crippen molar-refractivity contribution in [2.45, 2.75) is 25.2 Å². The number of furan rings is 1. The molecule has 30 heavy (non-hydrogen) atoms. The van der Waals surface area contributed by atoms with Crippen LogP contribution >= 0.6 is 11.8 Å². The molecule has 160 valence electrons. The van der Waals surface area contributed by atoms with Gasteiger partial charge in [0, 0.05) is 12.1 Å². The van der Waals surface area contributed by atoms with Crippen LogP contribution in [0.4, 0.5) is 0 Å². The van der Waals surface area contributed by atoms with Crippen LogP contribution in [-0.2, 0) is 17.9 Å². The van der Waals surface area contributed by atoms with E-state index in [0.717, 1.165) is 5.56 Å². The van der Waals surface area contributed by atoms with Gasteiger partial charge in [0.2, 0.25) is 11.7 Å². The highest BCUT2D eigenvalue weighted by atomic mass is 32.2. The SMILES string of the molecule is CCn1c(SCC(=O)NCc2ccco2)nnc1-c1cc(OC)c(OC)c(OC)c1. The van der Waals surface area contributed by atoms with Crippen molar-refractivity contribution < 1.29 is 23.4 Å². The van der Waals surface area contributed by atoms with Gasteiger partial charge in [0.1, 0.15) is 5.76 Å². The smallest absolute Gasteiger partial charge is 0.230 e. The van der Waals surface area contributed by atoms with Crippen LogP contribution in [0.2, 0.25) is 0 Å². The fourth-order valence-corrected chi connectivity index (χ4v) is 3.72. The Balaban J connectivity index is 1.76. The first-order valence-corrected chi connectivity index (χ1v) is 10.2. The van der Waals surface area contributed by atoms with Crippen molar-refractivity contribution in [3.8, 4) is 28.6 Å². The number of amides is 1. The summed E-state index contributed by atoms with van der Waals surface area (Å²) in [6.45, 7) is 2.98. The zero-order valence-electron chi connectivity index (χ0n) is 17.3. The minimum atomic E-state index is -0.114. The maximum Gasteiger partial charge on any atom is 0.230 e. The van der Waals surface area contributed by atoms with Crippen molar-refractivity contribution in [1.82, 2.24) is 20.1 Å². The van der Waals surface area contributed by atoms with Crippen LogP contribution in [0.1, 0.15) is 12.7 Å². The molecule has 3 rings (SSSR count). The highest BCUT2D eigenvalue weighted by molar-refractivity contribution is 7.99. The van der Waals surface area contributed by atoms with Crippen LogP contribution < -0.4 is 19.5 Å². The zero-order valence-corrected chi connectivity index (χ0v) is 18.1. The van der Waals surface area contributed by atoms with Crippen LogP contribution in [0.3, 0.4) is 0 Å². The van der Waals surface area contributed by atoms with Crippen molar-refractivity contribution in [3.63, 3.8) is 0 Å². The molecule has 1 aromatic carbocycles. The summed E-state index contributed by atoms with van der Waals surface area (Å²) < 4.78 is 23.4. The van der Waals surface area contributed by atoms with Gasteiger partial charge in [-0.1, -0.05) is 11.8 Å². The summed E-state index contributed by atoms with van der Waals surface area (Å²) in [4.78, 5) is 12.1. The number of hydrogen-bond donors (Lipinski definition) is 1. The van der Waals surface area contributed by atoms with Crippen molar-refractivity contribution in [2.24, 2.45) is 0 Å². The van der Waals surface area contributed by atoms with Gasteiger partial charge in [-0.15, -0.1) is 10.2 Å². The molecule has 9 nitrogen and oxygen atoms in total. The van der Waals surface area contributed by atoms with Gasteiger partial charge < -0.3 is 28.5 Å². The summed E-state index contributed by atoms with van der Waals surface area (Å²) in [7, 11) is 4.68. The van der Waals surface area contributed by atoms with Crippen molar-refractivity contribution in [1.29, 1.82) is 0 Å². The molecule has 2 heterocycles. The van der Waals surface area contributed by atoms with E-state index in [1.54, 1.807) is 33.7 Å². The van der Waals surface area contributed by atoms with E-state index in [4.69, 9.17) is 18.6 Å². The summed E-state index contributed by atoms with van der Waals surface area (Å²) in [5.41, 5.74) is 0.771. The molecule has 0 radical (unpaired) electrons. The van der Waals surface area contributed by atoms with Crippen LogP contribution in [-0.4, -0.2) is 47.8 Å². The molecule has 0 saturated heterocycles. The van der Waals surface area contributed by atoms with E-state index < -0.39 is 0 Å². The predicted molar refractivity (Wildman–Crippen MR) is 112 cm³/mol. The molecule has 1 N–H and O–H groups in total. The van der Waals surface area contributed by atoms with Crippen LogP contribution in [0.25, 0.3) is 11.4 Å². The van der Waals surface area contributed by atoms with Crippen LogP contribution in [0.5, 0.6) is 17.2 Å². The van der Waals surface area contributed by atoms with Gasteiger partial charge in [0.05, 0.1) is 39.9 Å². The highest BCUT2D eigenvalue weighted by Crippen LogP contribution is 2.41. The Bertz CT molecular complexity index is 962. The number of thioether (sulfide) groups is 1. The molecule has 0 bridgehead atoms. The van der Waals surface area contributed by atoms with Crippen molar-refractivity contribution in [2.75, 3.05) is 27.1 Å². The Hall–Kier alpha value is -3.14. The fourth-order valence-electron chi connectivity index (χ4n) is 2.88. The van der Waals surface area contributed by atoms with Gasteiger partial charge in [-0.3, -0.25) is 4.79 Å². The van der Waals surface area contributed by atoms with Crippen LogP contribution in [0.15, 0.2) is 40.1 Å². The summed E-state index contributed by atoms with van der Waals surface area (Å²) in [5.74, 6) is 3.03. The first-order valence-electron chi connectivity index (χ1n) is 9.26. The van der Waals surface area contributed by atoms with Gasteiger partial charge in [-0.2, -0.15) is 0 Å². The minimum Gasteiger partial charge on any atom is -0.493 e. The topological polar surface area (TPSA) is 101 Å². The molecule has 2 aromatic heterocycles. The second-order valence-corrected chi connectivity index (χ2v) is 7.05. The lowest BCUT2D eigenvalue weighted by atomic mass is 10.1. The monoisotopic (exact) mass is 432 g/mol. The first-order chi connectivity index (χ1) is 14.6. The Morgan fingerprint density at radius 1 is 1.17 bits per heavy atom. The molecular weight excluding hydrogens is 408 g/mol. The molecular formula is C20H24N4O5S. The summed E-state index contributed by atoms with van der Waals surface area (Å²) >= 11 is 1.32. The Kier molecular flexibility index (Phi) is 7.23. The Morgan fingerprint density at radius 3 is 2.47 bits per heavy atom. The molecule has 0 aliphatic heterocycles. The van der Waals surface area contributed by atoms with Gasteiger partial charge in [-0.05, 0) is 31.2 Å². The van der Waals surface area contributed by atoms with E-state index in [2.05, 4.69) is 15.5 Å². The second kappa shape index (κ2) is 10.1. The third-order valence-corrected chi connectivity index (χ3v) is 5.30. The summed E-state index contributed by atoms with van der Waals surface area (Å²) in [5, 5.41) is 12.0. The number of hydrogen-bond acceptors (Lipinski definition) is 8. The van der Waals surface area contributed by atoms with E-state index >= 15 is 0 Å². The van der Waals surface area contributed by atoms with E-state index in [1.807, 2.05) is 29.7 Å². The number of benzene rings is 1. The molecule has 0 aliphatic rings. The molecule has 10 heteroatoms.